The Morgan fingerprint density at radius 2 is 1.70 bits per heavy atom. The van der Waals surface area contributed by atoms with Crippen molar-refractivity contribution in [3.05, 3.63) is 65.7 Å². The monoisotopic (exact) mass is 365 g/mol. The van der Waals surface area contributed by atoms with E-state index in [1.807, 2.05) is 54.6 Å². The molecule has 2 N–H and O–H groups in total. The van der Waals surface area contributed by atoms with E-state index >= 15 is 0 Å². The number of amides is 3. The first kappa shape index (κ1) is 18.6. The summed E-state index contributed by atoms with van der Waals surface area (Å²) in [5.74, 6) is -0.991. The molecular formula is C21H23N3O3. The number of fused-ring (bicyclic) bond motifs is 1. The second-order valence-corrected chi connectivity index (χ2v) is 7.02. The van der Waals surface area contributed by atoms with Gasteiger partial charge in [-0.15, -0.1) is 0 Å². The highest BCUT2D eigenvalue weighted by atomic mass is 16.2. The van der Waals surface area contributed by atoms with Crippen LogP contribution in [0.15, 0.2) is 54.6 Å². The van der Waals surface area contributed by atoms with Crippen LogP contribution in [0.5, 0.6) is 0 Å². The van der Waals surface area contributed by atoms with Crippen molar-refractivity contribution in [3.63, 3.8) is 0 Å². The fourth-order valence-electron chi connectivity index (χ4n) is 3.78. The van der Waals surface area contributed by atoms with E-state index in [0.29, 0.717) is 6.42 Å². The lowest BCUT2D eigenvalue weighted by Gasteiger charge is -2.30. The number of primary amides is 1. The molecule has 0 saturated carbocycles. The average molecular weight is 365 g/mol. The Morgan fingerprint density at radius 1 is 1.07 bits per heavy atom. The van der Waals surface area contributed by atoms with E-state index in [-0.39, 0.29) is 24.8 Å². The van der Waals surface area contributed by atoms with Gasteiger partial charge in [-0.1, -0.05) is 48.5 Å². The van der Waals surface area contributed by atoms with E-state index in [1.165, 1.54) is 11.9 Å². The van der Waals surface area contributed by atoms with Gasteiger partial charge in [0.1, 0.15) is 0 Å². The van der Waals surface area contributed by atoms with Gasteiger partial charge in [0, 0.05) is 26.2 Å². The number of hydrogen-bond acceptors (Lipinski definition) is 3. The second kappa shape index (κ2) is 7.23. The van der Waals surface area contributed by atoms with Crippen LogP contribution in [0.2, 0.25) is 0 Å². The average Bonchev–Trinajstić information content (AvgIpc) is 2.85. The Bertz CT molecular complexity index is 881. The molecule has 2 aromatic rings. The molecule has 6 nitrogen and oxygen atoms in total. The Labute approximate surface area is 158 Å². The lowest BCUT2D eigenvalue weighted by molar-refractivity contribution is -0.137. The zero-order valence-electron chi connectivity index (χ0n) is 15.5. The van der Waals surface area contributed by atoms with Crippen LogP contribution in [0.25, 0.3) is 0 Å². The molecule has 1 aliphatic rings. The molecular weight excluding hydrogens is 342 g/mol. The number of hydrogen-bond donors (Lipinski definition) is 1. The molecule has 2 aromatic carbocycles. The van der Waals surface area contributed by atoms with Gasteiger partial charge in [0.2, 0.25) is 17.7 Å². The summed E-state index contributed by atoms with van der Waals surface area (Å²) >= 11 is 0. The summed E-state index contributed by atoms with van der Waals surface area (Å²) in [5.41, 5.74) is 6.83. The van der Waals surface area contributed by atoms with Crippen molar-refractivity contribution in [2.75, 3.05) is 25.5 Å². The predicted molar refractivity (Wildman–Crippen MR) is 103 cm³/mol. The number of rotatable bonds is 6. The standard InChI is InChI=1S/C21H23N3O3/c1-23(14-18(22)25)19(26)13-21(12-15-8-4-3-5-9-15)16-10-6-7-11-17(16)24(2)20(21)27/h3-11H,12-14H2,1-2H3,(H2,22,25)/t21-/m0/s1. The highest BCUT2D eigenvalue weighted by Gasteiger charge is 2.51. The first-order valence-corrected chi connectivity index (χ1v) is 8.79. The number of para-hydroxylation sites is 1. The van der Waals surface area contributed by atoms with Crippen molar-refractivity contribution in [3.8, 4) is 0 Å². The van der Waals surface area contributed by atoms with Crippen LogP contribution in [0.4, 0.5) is 5.69 Å². The molecule has 1 heterocycles. The summed E-state index contributed by atoms with van der Waals surface area (Å²) in [6, 6.07) is 17.2. The molecule has 0 unspecified atom stereocenters. The molecule has 3 amide bonds. The van der Waals surface area contributed by atoms with E-state index in [1.54, 1.807) is 11.9 Å². The van der Waals surface area contributed by atoms with Crippen molar-refractivity contribution in [2.45, 2.75) is 18.3 Å². The molecule has 0 aromatic heterocycles. The second-order valence-electron chi connectivity index (χ2n) is 7.02. The van der Waals surface area contributed by atoms with Crippen LogP contribution in [0.1, 0.15) is 17.5 Å². The smallest absolute Gasteiger partial charge is 0.238 e. The van der Waals surface area contributed by atoms with Crippen molar-refractivity contribution in [1.82, 2.24) is 4.90 Å². The van der Waals surface area contributed by atoms with E-state index in [4.69, 9.17) is 5.73 Å². The molecule has 6 heteroatoms. The number of carbonyl (C=O) groups excluding carboxylic acids is 3. The number of nitrogens with zero attached hydrogens (tertiary/aromatic N) is 2. The van der Waals surface area contributed by atoms with Gasteiger partial charge in [-0.05, 0) is 23.6 Å². The molecule has 0 saturated heterocycles. The lowest BCUT2D eigenvalue weighted by atomic mass is 9.73. The Hall–Kier alpha value is -3.15. The highest BCUT2D eigenvalue weighted by molar-refractivity contribution is 6.10. The minimum atomic E-state index is -1.00. The van der Waals surface area contributed by atoms with Crippen molar-refractivity contribution in [2.24, 2.45) is 5.73 Å². The van der Waals surface area contributed by atoms with Gasteiger partial charge in [-0.2, -0.15) is 0 Å². The van der Waals surface area contributed by atoms with Gasteiger partial charge in [-0.25, -0.2) is 0 Å². The van der Waals surface area contributed by atoms with Crippen molar-refractivity contribution < 1.29 is 14.4 Å². The van der Waals surface area contributed by atoms with E-state index in [2.05, 4.69) is 0 Å². The molecule has 1 aliphatic heterocycles. The Morgan fingerprint density at radius 3 is 2.37 bits per heavy atom. The zero-order valence-corrected chi connectivity index (χ0v) is 15.5. The summed E-state index contributed by atoms with van der Waals surface area (Å²) in [5, 5.41) is 0. The van der Waals surface area contributed by atoms with Gasteiger partial charge in [0.25, 0.3) is 0 Å². The van der Waals surface area contributed by atoms with Crippen LogP contribution in [0.3, 0.4) is 0 Å². The molecule has 0 bridgehead atoms. The fourth-order valence-corrected chi connectivity index (χ4v) is 3.78. The summed E-state index contributed by atoms with van der Waals surface area (Å²) in [6.45, 7) is -0.175. The molecule has 0 fully saturated rings. The van der Waals surface area contributed by atoms with Crippen LogP contribution in [-0.2, 0) is 26.2 Å². The third-order valence-electron chi connectivity index (χ3n) is 5.12. The van der Waals surface area contributed by atoms with Crippen LogP contribution < -0.4 is 10.6 Å². The van der Waals surface area contributed by atoms with E-state index < -0.39 is 11.3 Å². The molecule has 1 atom stereocenters. The van der Waals surface area contributed by atoms with Crippen LogP contribution in [-0.4, -0.2) is 43.3 Å². The first-order chi connectivity index (χ1) is 12.8. The molecule has 0 radical (unpaired) electrons. The maximum Gasteiger partial charge on any atom is 0.238 e. The van der Waals surface area contributed by atoms with Crippen LogP contribution >= 0.6 is 0 Å². The van der Waals surface area contributed by atoms with Crippen molar-refractivity contribution >= 4 is 23.4 Å². The molecule has 27 heavy (non-hydrogen) atoms. The summed E-state index contributed by atoms with van der Waals surface area (Å²) in [6.07, 6.45) is 0.385. The molecule has 0 spiro atoms. The molecule has 0 aliphatic carbocycles. The normalized spacial score (nSPS) is 18.3. The topological polar surface area (TPSA) is 83.7 Å². The number of benzene rings is 2. The van der Waals surface area contributed by atoms with Crippen molar-refractivity contribution in [1.29, 1.82) is 0 Å². The number of anilines is 1. The molecule has 140 valence electrons. The maximum atomic E-state index is 13.3. The summed E-state index contributed by atoms with van der Waals surface area (Å²) in [7, 11) is 3.25. The van der Waals surface area contributed by atoms with E-state index in [0.717, 1.165) is 16.8 Å². The SMILES string of the molecule is CN(CC(N)=O)C(=O)C[C@]1(Cc2ccccc2)C(=O)N(C)c2ccccc21. The minimum Gasteiger partial charge on any atom is -0.368 e. The van der Waals surface area contributed by atoms with Gasteiger partial charge < -0.3 is 15.5 Å². The molecule has 3 rings (SSSR count). The maximum absolute atomic E-state index is 13.3. The number of nitrogens with two attached hydrogens (primary N) is 1. The van der Waals surface area contributed by atoms with Crippen LogP contribution in [0, 0.1) is 0 Å². The predicted octanol–water partition coefficient (Wildman–Crippen LogP) is 1.48. The van der Waals surface area contributed by atoms with Gasteiger partial charge >= 0.3 is 0 Å². The van der Waals surface area contributed by atoms with Gasteiger partial charge in [0.15, 0.2) is 0 Å². The summed E-state index contributed by atoms with van der Waals surface area (Å²) < 4.78 is 0. The number of carbonyl (C=O) groups is 3. The summed E-state index contributed by atoms with van der Waals surface area (Å²) in [4.78, 5) is 40.3. The lowest BCUT2D eigenvalue weighted by Crippen LogP contribution is -2.46. The zero-order chi connectivity index (χ0) is 19.6. The van der Waals surface area contributed by atoms with Gasteiger partial charge in [0.05, 0.1) is 12.0 Å². The third-order valence-corrected chi connectivity index (χ3v) is 5.12. The Balaban J connectivity index is 2.04. The fraction of sp³-hybridized carbons (Fsp3) is 0.286. The Kier molecular flexibility index (Phi) is 4.99. The number of likely N-dealkylation sites (N-methyl/N-ethyl adjacent to an activating group) is 2. The third kappa shape index (κ3) is 3.43. The largest absolute Gasteiger partial charge is 0.368 e. The minimum absolute atomic E-state index is 0.0220. The van der Waals surface area contributed by atoms with Gasteiger partial charge in [-0.3, -0.25) is 14.4 Å². The highest BCUT2D eigenvalue weighted by Crippen LogP contribution is 2.45. The first-order valence-electron chi connectivity index (χ1n) is 8.79. The quantitative estimate of drug-likeness (QED) is 0.841. The van der Waals surface area contributed by atoms with E-state index in [9.17, 15) is 14.4 Å².